The monoisotopic (exact) mass is 504 g/mol. The zero-order valence-corrected chi connectivity index (χ0v) is 20.2. The van der Waals surface area contributed by atoms with Gasteiger partial charge in [-0.2, -0.15) is 5.10 Å². The number of halogens is 1. The molecule has 3 aliphatic heterocycles. The Morgan fingerprint density at radius 3 is 2.71 bits per heavy atom. The lowest BCUT2D eigenvalue weighted by Crippen LogP contribution is -2.59. The maximum atomic E-state index is 13.4. The number of carbonyl (C=O) groups excluding carboxylic acids is 4. The average Bonchev–Trinajstić information content (AvgIpc) is 3.56. The number of aryl methyl sites for hydroxylation is 1. The lowest BCUT2D eigenvalue weighted by atomic mass is 9.86. The summed E-state index contributed by atoms with van der Waals surface area (Å²) in [4.78, 5) is 54.1. The zero-order chi connectivity index (χ0) is 24.0. The predicted octanol–water partition coefficient (Wildman–Crippen LogP) is 2.00. The van der Waals surface area contributed by atoms with E-state index >= 15 is 0 Å². The van der Waals surface area contributed by atoms with Crippen molar-refractivity contribution >= 4 is 46.7 Å². The highest BCUT2D eigenvalue weighted by Gasteiger charge is 2.48. The van der Waals surface area contributed by atoms with Gasteiger partial charge in [-0.05, 0) is 37.8 Å². The summed E-state index contributed by atoms with van der Waals surface area (Å²) < 4.78 is 2.25. The number of rotatable bonds is 4. The van der Waals surface area contributed by atoms with Crippen molar-refractivity contribution in [2.45, 2.75) is 43.7 Å². The molecule has 12 heteroatoms. The Morgan fingerprint density at radius 1 is 1.26 bits per heavy atom. The number of amides is 5. The molecule has 3 saturated heterocycles. The van der Waals surface area contributed by atoms with Crippen LogP contribution in [-0.2, 0) is 16.6 Å². The minimum absolute atomic E-state index is 0.0815. The summed E-state index contributed by atoms with van der Waals surface area (Å²) in [5.74, 6) is -0.751. The number of nitrogens with one attached hydrogen (secondary N) is 2. The van der Waals surface area contributed by atoms with E-state index in [1.807, 2.05) is 29.0 Å². The molecule has 180 valence electrons. The number of piperidine rings is 1. The molecule has 0 aromatic carbocycles. The summed E-state index contributed by atoms with van der Waals surface area (Å²) >= 11 is 7.72. The van der Waals surface area contributed by atoms with E-state index in [4.69, 9.17) is 11.6 Å². The molecule has 0 bridgehead atoms. The summed E-state index contributed by atoms with van der Waals surface area (Å²) in [6.45, 7) is 1.64. The van der Waals surface area contributed by atoms with Crippen LogP contribution in [0.15, 0.2) is 18.3 Å². The van der Waals surface area contributed by atoms with Crippen molar-refractivity contribution in [1.82, 2.24) is 30.2 Å². The molecular weight excluding hydrogens is 480 g/mol. The van der Waals surface area contributed by atoms with Crippen LogP contribution in [0.4, 0.5) is 4.79 Å². The van der Waals surface area contributed by atoms with Gasteiger partial charge in [0.1, 0.15) is 10.4 Å². The van der Waals surface area contributed by atoms with E-state index < -0.39 is 23.5 Å². The van der Waals surface area contributed by atoms with Gasteiger partial charge in [0.15, 0.2) is 0 Å². The molecule has 0 radical (unpaired) electrons. The van der Waals surface area contributed by atoms with Crippen LogP contribution >= 0.6 is 22.9 Å². The minimum atomic E-state index is -0.849. The number of aromatic nitrogens is 2. The Kier molecular flexibility index (Phi) is 5.85. The van der Waals surface area contributed by atoms with E-state index in [9.17, 15) is 19.2 Å². The third-order valence-electron chi connectivity index (χ3n) is 6.97. The molecule has 3 aliphatic rings. The molecule has 5 heterocycles. The zero-order valence-electron chi connectivity index (χ0n) is 18.7. The highest BCUT2D eigenvalue weighted by molar-refractivity contribution is 7.18. The fraction of sp³-hybridized carbons (Fsp3) is 0.500. The van der Waals surface area contributed by atoms with Crippen LogP contribution in [0.2, 0.25) is 4.34 Å². The molecule has 3 fully saturated rings. The highest BCUT2D eigenvalue weighted by atomic mass is 35.5. The average molecular weight is 505 g/mol. The highest BCUT2D eigenvalue weighted by Crippen LogP contribution is 2.40. The third-order valence-corrected chi connectivity index (χ3v) is 8.32. The minimum Gasteiger partial charge on any atom is -0.336 e. The van der Waals surface area contributed by atoms with E-state index in [1.54, 1.807) is 10.9 Å². The van der Waals surface area contributed by atoms with Gasteiger partial charge in [-0.25, -0.2) is 4.79 Å². The first kappa shape index (κ1) is 22.9. The first-order chi connectivity index (χ1) is 16.3. The first-order valence-electron chi connectivity index (χ1n) is 11.3. The van der Waals surface area contributed by atoms with Crippen LogP contribution in [0.3, 0.4) is 0 Å². The number of urea groups is 1. The Hall–Kier alpha value is -2.92. The van der Waals surface area contributed by atoms with Crippen molar-refractivity contribution in [1.29, 1.82) is 0 Å². The molecule has 0 saturated carbocycles. The molecule has 2 unspecified atom stereocenters. The number of hydrogen-bond donors (Lipinski definition) is 2. The van der Waals surface area contributed by atoms with Gasteiger partial charge in [0.25, 0.3) is 11.8 Å². The summed E-state index contributed by atoms with van der Waals surface area (Å²) in [5.41, 5.74) is 1.16. The van der Waals surface area contributed by atoms with Gasteiger partial charge in [0.2, 0.25) is 5.91 Å². The SMILES string of the molecule is Cn1nccc1-c1cc(C(=O)N2CCCC3(CCCN3C(=O)CC3NC(=O)NC3=O)C2)sc1Cl. The number of carbonyl (C=O) groups is 4. The van der Waals surface area contributed by atoms with Gasteiger partial charge in [0, 0.05) is 38.4 Å². The lowest BCUT2D eigenvalue weighted by molar-refractivity contribution is -0.139. The molecule has 34 heavy (non-hydrogen) atoms. The Bertz CT molecular complexity index is 1180. The smallest absolute Gasteiger partial charge is 0.322 e. The van der Waals surface area contributed by atoms with Crippen molar-refractivity contribution in [3.63, 3.8) is 0 Å². The Labute approximate surface area is 205 Å². The molecule has 2 N–H and O–H groups in total. The van der Waals surface area contributed by atoms with Crippen LogP contribution in [0.25, 0.3) is 11.3 Å². The largest absolute Gasteiger partial charge is 0.336 e. The van der Waals surface area contributed by atoms with E-state index in [0.29, 0.717) is 28.8 Å². The fourth-order valence-electron chi connectivity index (χ4n) is 5.37. The Morgan fingerprint density at radius 2 is 2.03 bits per heavy atom. The number of thiophene rings is 1. The summed E-state index contributed by atoms with van der Waals surface area (Å²) in [5, 5.41) is 8.84. The van der Waals surface area contributed by atoms with Crippen LogP contribution in [0.1, 0.15) is 41.8 Å². The normalized spacial score (nSPS) is 24.6. The van der Waals surface area contributed by atoms with E-state index in [0.717, 1.165) is 36.9 Å². The van der Waals surface area contributed by atoms with Crippen LogP contribution in [0.5, 0.6) is 0 Å². The lowest BCUT2D eigenvalue weighted by Gasteiger charge is -2.46. The van der Waals surface area contributed by atoms with Gasteiger partial charge in [0.05, 0.1) is 22.5 Å². The summed E-state index contributed by atoms with van der Waals surface area (Å²) in [7, 11) is 1.82. The predicted molar refractivity (Wildman–Crippen MR) is 125 cm³/mol. The second kappa shape index (κ2) is 8.70. The molecule has 0 aliphatic carbocycles. The van der Waals surface area contributed by atoms with Crippen molar-refractivity contribution in [2.75, 3.05) is 19.6 Å². The van der Waals surface area contributed by atoms with E-state index in [1.165, 1.54) is 11.3 Å². The second-order valence-corrected chi connectivity index (χ2v) is 10.7. The van der Waals surface area contributed by atoms with Gasteiger partial charge in [-0.15, -0.1) is 11.3 Å². The topological polar surface area (TPSA) is 117 Å². The maximum Gasteiger partial charge on any atom is 0.322 e. The molecule has 10 nitrogen and oxygen atoms in total. The van der Waals surface area contributed by atoms with Crippen LogP contribution < -0.4 is 10.6 Å². The molecule has 2 aromatic heterocycles. The quantitative estimate of drug-likeness (QED) is 0.618. The van der Waals surface area contributed by atoms with Gasteiger partial charge >= 0.3 is 6.03 Å². The molecule has 2 aromatic rings. The van der Waals surface area contributed by atoms with Gasteiger partial charge in [-0.1, -0.05) is 11.6 Å². The summed E-state index contributed by atoms with van der Waals surface area (Å²) in [6, 6.07) is 2.24. The molecule has 1 spiro atoms. The fourth-order valence-corrected chi connectivity index (χ4v) is 6.63. The van der Waals surface area contributed by atoms with Crippen molar-refractivity contribution in [3.8, 4) is 11.3 Å². The molecular formula is C22H25ClN6O4S. The standard InChI is InChI=1S/C22H25ClN6O4S/c1-27-15(4-7-24-27)13-10-16(34-18(13)23)20(32)28-8-2-5-22(12-28)6-3-9-29(22)17(30)11-14-19(31)26-21(33)25-14/h4,7,10,14H,2-3,5-6,8-9,11-12H2,1H3,(H2,25,26,31,33). The van der Waals surface area contributed by atoms with Gasteiger partial charge < -0.3 is 15.1 Å². The van der Waals surface area contributed by atoms with E-state index in [-0.39, 0.29) is 18.2 Å². The van der Waals surface area contributed by atoms with Crippen molar-refractivity contribution < 1.29 is 19.2 Å². The molecule has 5 rings (SSSR count). The number of likely N-dealkylation sites (tertiary alicyclic amines) is 2. The van der Waals surface area contributed by atoms with Crippen LogP contribution in [0, 0.1) is 0 Å². The third kappa shape index (κ3) is 3.96. The summed E-state index contributed by atoms with van der Waals surface area (Å²) in [6.07, 6.45) is 4.83. The second-order valence-electron chi connectivity index (χ2n) is 9.06. The number of imide groups is 1. The molecule has 5 amide bonds. The molecule has 2 atom stereocenters. The van der Waals surface area contributed by atoms with Crippen LogP contribution in [-0.4, -0.2) is 74.5 Å². The van der Waals surface area contributed by atoms with Gasteiger partial charge in [-0.3, -0.25) is 24.4 Å². The maximum absolute atomic E-state index is 13.4. The van der Waals surface area contributed by atoms with E-state index in [2.05, 4.69) is 15.7 Å². The van der Waals surface area contributed by atoms with Crippen molar-refractivity contribution in [2.24, 2.45) is 7.05 Å². The number of nitrogens with zero attached hydrogens (tertiary/aromatic N) is 4. The first-order valence-corrected chi connectivity index (χ1v) is 12.5. The number of hydrogen-bond acceptors (Lipinski definition) is 6. The Balaban J connectivity index is 1.32. The van der Waals surface area contributed by atoms with Crippen molar-refractivity contribution in [3.05, 3.63) is 27.5 Å².